The molecule has 3 N–H and O–H groups in total. The second-order valence-corrected chi connectivity index (χ2v) is 5.63. The fourth-order valence-electron chi connectivity index (χ4n) is 1.12. The third-order valence-electron chi connectivity index (χ3n) is 1.80. The van der Waals surface area contributed by atoms with Gasteiger partial charge in [-0.2, -0.15) is 4.89 Å². The smallest absolute Gasteiger partial charge is 0.436 e. The van der Waals surface area contributed by atoms with E-state index in [1.165, 1.54) is 0 Å². The summed E-state index contributed by atoms with van der Waals surface area (Å²) in [6.07, 6.45) is -0.672. The Balaban J connectivity index is 4.09. The minimum absolute atomic E-state index is 0.162. The summed E-state index contributed by atoms with van der Waals surface area (Å²) in [5, 5.41) is 3.31. The van der Waals surface area contributed by atoms with Gasteiger partial charge < -0.3 is 15.8 Å². The summed E-state index contributed by atoms with van der Waals surface area (Å²) in [7, 11) is 0. The van der Waals surface area contributed by atoms with Gasteiger partial charge in [0.1, 0.15) is 11.7 Å². The molecule has 2 amide bonds. The molecule has 112 valence electrons. The molecule has 7 nitrogen and oxygen atoms in total. The van der Waals surface area contributed by atoms with E-state index in [-0.39, 0.29) is 6.54 Å². The van der Waals surface area contributed by atoms with Gasteiger partial charge in [0.15, 0.2) is 0 Å². The number of nitrogens with one attached hydrogen (secondary N) is 1. The Kier molecular flexibility index (Phi) is 8.49. The molecule has 0 fully saturated rings. The summed E-state index contributed by atoms with van der Waals surface area (Å²) in [6, 6.07) is 0. The van der Waals surface area contributed by atoms with Crippen LogP contribution in [-0.2, 0) is 14.5 Å². The van der Waals surface area contributed by atoms with Crippen molar-refractivity contribution < 1.29 is 24.1 Å². The highest BCUT2D eigenvalue weighted by Gasteiger charge is 2.18. The third-order valence-corrected chi connectivity index (χ3v) is 2.36. The number of alkyl carbamates (subject to hydrolysis) is 1. The molecule has 0 spiro atoms. The monoisotopic (exact) mass is 340 g/mol. The molecule has 0 rings (SSSR count). The molecule has 0 aromatic carbocycles. The van der Waals surface area contributed by atoms with Crippen LogP contribution < -0.4 is 11.1 Å². The largest absolute Gasteiger partial charge is 0.444 e. The van der Waals surface area contributed by atoms with Crippen LogP contribution in [0.3, 0.4) is 0 Å². The number of primary amides is 1. The first-order valence-electron chi connectivity index (χ1n) is 5.90. The van der Waals surface area contributed by atoms with E-state index in [1.54, 1.807) is 20.8 Å². The number of amides is 2. The second-order valence-electron chi connectivity index (χ2n) is 4.83. The van der Waals surface area contributed by atoms with E-state index in [0.717, 1.165) is 11.8 Å². The van der Waals surface area contributed by atoms with E-state index >= 15 is 0 Å². The summed E-state index contributed by atoms with van der Waals surface area (Å²) in [5.74, 6) is 0. The standard InChI is InChI=1S/C11H21BrN2O5/c1-11(2,3)17-10(16)14-7-8(5-4-6-12)18-19-9(13)15/h8H,4-7H2,1-3H3,(H2,13,15)(H,14,16). The average Bonchev–Trinajstić information content (AvgIpc) is 2.25. The highest BCUT2D eigenvalue weighted by atomic mass is 79.9. The SMILES string of the molecule is CC(C)(C)OC(=O)NCC(CCCBr)OOC(N)=O. The minimum Gasteiger partial charge on any atom is -0.444 e. The molecule has 0 saturated heterocycles. The number of nitrogens with two attached hydrogens (primary N) is 1. The topological polar surface area (TPSA) is 99.9 Å². The maximum atomic E-state index is 11.4. The highest BCUT2D eigenvalue weighted by Crippen LogP contribution is 2.08. The Hall–Kier alpha value is -1.02. The lowest BCUT2D eigenvalue weighted by molar-refractivity contribution is -0.270. The molecule has 0 aliphatic carbocycles. The maximum absolute atomic E-state index is 11.4. The molecule has 0 aromatic rings. The van der Waals surface area contributed by atoms with Crippen molar-refractivity contribution in [1.29, 1.82) is 0 Å². The van der Waals surface area contributed by atoms with Crippen LogP contribution in [0, 0.1) is 0 Å². The zero-order chi connectivity index (χ0) is 14.9. The van der Waals surface area contributed by atoms with Crippen LogP contribution in [0.15, 0.2) is 0 Å². The number of alkyl halides is 1. The second kappa shape index (κ2) is 8.98. The molecular formula is C11H21BrN2O5. The van der Waals surface area contributed by atoms with Crippen molar-refractivity contribution in [3.8, 4) is 0 Å². The van der Waals surface area contributed by atoms with Gasteiger partial charge in [0, 0.05) is 5.33 Å². The predicted molar refractivity (Wildman–Crippen MR) is 72.8 cm³/mol. The molecule has 8 heteroatoms. The van der Waals surface area contributed by atoms with Crippen LogP contribution in [0.1, 0.15) is 33.6 Å². The Morgan fingerprint density at radius 1 is 1.37 bits per heavy atom. The number of carbonyl (C=O) groups excluding carboxylic acids is 2. The van der Waals surface area contributed by atoms with Crippen LogP contribution in [0.25, 0.3) is 0 Å². The number of halogens is 1. The van der Waals surface area contributed by atoms with Gasteiger partial charge in [-0.1, -0.05) is 15.9 Å². The number of ether oxygens (including phenoxy) is 1. The van der Waals surface area contributed by atoms with E-state index in [9.17, 15) is 9.59 Å². The highest BCUT2D eigenvalue weighted by molar-refractivity contribution is 9.09. The Bertz CT molecular complexity index is 293. The molecular weight excluding hydrogens is 320 g/mol. The van der Waals surface area contributed by atoms with Crippen molar-refractivity contribution in [1.82, 2.24) is 5.32 Å². The van der Waals surface area contributed by atoms with E-state index in [4.69, 9.17) is 15.4 Å². The van der Waals surface area contributed by atoms with Crippen LogP contribution in [0.5, 0.6) is 0 Å². The number of hydrogen-bond acceptors (Lipinski definition) is 5. The number of rotatable bonds is 7. The molecule has 0 aliphatic heterocycles. The minimum atomic E-state index is -1.03. The lowest BCUT2D eigenvalue weighted by Crippen LogP contribution is -2.38. The fourth-order valence-corrected chi connectivity index (χ4v) is 1.44. The average molecular weight is 341 g/mol. The summed E-state index contributed by atoms with van der Waals surface area (Å²) < 4.78 is 5.07. The zero-order valence-electron chi connectivity index (χ0n) is 11.4. The van der Waals surface area contributed by atoms with E-state index in [1.807, 2.05) is 0 Å². The van der Waals surface area contributed by atoms with Gasteiger partial charge in [-0.15, -0.1) is 0 Å². The van der Waals surface area contributed by atoms with Crippen molar-refractivity contribution in [3.63, 3.8) is 0 Å². The Morgan fingerprint density at radius 3 is 2.47 bits per heavy atom. The Labute approximate surface area is 121 Å². The van der Waals surface area contributed by atoms with Crippen LogP contribution in [0.4, 0.5) is 9.59 Å². The molecule has 0 aliphatic rings. The molecule has 1 atom stereocenters. The maximum Gasteiger partial charge on any atom is 0.436 e. The van der Waals surface area contributed by atoms with Gasteiger partial charge in [-0.05, 0) is 33.6 Å². The predicted octanol–water partition coefficient (Wildman–Crippen LogP) is 2.08. The lowest BCUT2D eigenvalue weighted by Gasteiger charge is -2.21. The number of hydrogen-bond donors (Lipinski definition) is 2. The van der Waals surface area contributed by atoms with Gasteiger partial charge in [0.2, 0.25) is 0 Å². The van der Waals surface area contributed by atoms with Gasteiger partial charge >= 0.3 is 12.2 Å². The molecule has 0 bridgehead atoms. The first-order valence-corrected chi connectivity index (χ1v) is 7.02. The molecule has 0 radical (unpaired) electrons. The van der Waals surface area contributed by atoms with Gasteiger partial charge in [0.25, 0.3) is 0 Å². The van der Waals surface area contributed by atoms with Crippen molar-refractivity contribution in [2.24, 2.45) is 5.73 Å². The van der Waals surface area contributed by atoms with Crippen LogP contribution in [-0.4, -0.2) is 35.8 Å². The van der Waals surface area contributed by atoms with Crippen LogP contribution >= 0.6 is 15.9 Å². The number of carbonyl (C=O) groups is 2. The quantitative estimate of drug-likeness (QED) is 0.420. The van der Waals surface area contributed by atoms with Crippen LogP contribution in [0.2, 0.25) is 0 Å². The van der Waals surface area contributed by atoms with Crippen molar-refractivity contribution in [3.05, 3.63) is 0 Å². The van der Waals surface area contributed by atoms with Gasteiger partial charge in [-0.25, -0.2) is 9.59 Å². The molecule has 0 aromatic heterocycles. The summed E-state index contributed by atoms with van der Waals surface area (Å²) in [6.45, 7) is 5.46. The fraction of sp³-hybridized carbons (Fsp3) is 0.818. The van der Waals surface area contributed by atoms with Crippen molar-refractivity contribution in [2.45, 2.75) is 45.3 Å². The van der Waals surface area contributed by atoms with E-state index in [0.29, 0.717) is 6.42 Å². The van der Waals surface area contributed by atoms with Gasteiger partial charge in [-0.3, -0.25) is 4.89 Å². The molecule has 1 unspecified atom stereocenters. The first-order chi connectivity index (χ1) is 8.74. The summed E-state index contributed by atoms with van der Waals surface area (Å²) in [4.78, 5) is 31.0. The molecule has 19 heavy (non-hydrogen) atoms. The summed E-state index contributed by atoms with van der Waals surface area (Å²) >= 11 is 3.28. The zero-order valence-corrected chi connectivity index (χ0v) is 13.0. The van der Waals surface area contributed by atoms with Gasteiger partial charge in [0.05, 0.1) is 6.54 Å². The first kappa shape index (κ1) is 18.0. The van der Waals surface area contributed by atoms with Crippen molar-refractivity contribution in [2.75, 3.05) is 11.9 Å². The summed E-state index contributed by atoms with van der Waals surface area (Å²) in [5.41, 5.74) is 4.23. The Morgan fingerprint density at radius 2 is 2.00 bits per heavy atom. The molecule has 0 saturated carbocycles. The van der Waals surface area contributed by atoms with E-state index < -0.39 is 23.9 Å². The lowest BCUT2D eigenvalue weighted by atomic mass is 10.2. The van der Waals surface area contributed by atoms with E-state index in [2.05, 4.69) is 26.1 Å². The molecule has 0 heterocycles. The third kappa shape index (κ3) is 11.8. The normalized spacial score (nSPS) is 12.6. The van der Waals surface area contributed by atoms with Crippen molar-refractivity contribution >= 4 is 28.1 Å².